The molecule has 1 saturated heterocycles. The van der Waals surface area contributed by atoms with Crippen LogP contribution in [-0.2, 0) is 4.79 Å². The summed E-state index contributed by atoms with van der Waals surface area (Å²) in [6.45, 7) is 0. The van der Waals surface area contributed by atoms with E-state index in [-0.39, 0.29) is 11.9 Å². The topological polar surface area (TPSA) is 54.0 Å². The van der Waals surface area contributed by atoms with Gasteiger partial charge in [-0.3, -0.25) is 4.79 Å². The molecule has 4 nitrogen and oxygen atoms in total. The summed E-state index contributed by atoms with van der Waals surface area (Å²) in [5.41, 5.74) is 0.950. The SMILES string of the molecule is O=C(Nc1nc2ccccc2s1)C1CC2CCCCC2N1. The van der Waals surface area contributed by atoms with Gasteiger partial charge in [0.2, 0.25) is 5.91 Å². The summed E-state index contributed by atoms with van der Waals surface area (Å²) in [6, 6.07) is 8.47. The molecule has 2 aliphatic rings. The van der Waals surface area contributed by atoms with Crippen molar-refractivity contribution in [3.05, 3.63) is 24.3 Å². The lowest BCUT2D eigenvalue weighted by Crippen LogP contribution is -2.39. The molecule has 1 aliphatic carbocycles. The van der Waals surface area contributed by atoms with E-state index in [0.29, 0.717) is 17.1 Å². The number of hydrogen-bond acceptors (Lipinski definition) is 4. The second-order valence-electron chi connectivity index (χ2n) is 6.08. The van der Waals surface area contributed by atoms with Gasteiger partial charge in [0.05, 0.1) is 16.3 Å². The van der Waals surface area contributed by atoms with E-state index in [1.54, 1.807) is 0 Å². The maximum Gasteiger partial charge on any atom is 0.243 e. The number of benzene rings is 1. The lowest BCUT2D eigenvalue weighted by atomic mass is 9.85. The molecule has 0 spiro atoms. The monoisotopic (exact) mass is 301 g/mol. The van der Waals surface area contributed by atoms with Gasteiger partial charge in [-0.05, 0) is 37.3 Å². The number of nitrogens with zero attached hydrogens (tertiary/aromatic N) is 1. The zero-order valence-electron chi connectivity index (χ0n) is 11.8. The number of nitrogens with one attached hydrogen (secondary N) is 2. The summed E-state index contributed by atoms with van der Waals surface area (Å²) in [5.74, 6) is 0.758. The maximum atomic E-state index is 12.4. The van der Waals surface area contributed by atoms with E-state index in [9.17, 15) is 4.79 Å². The zero-order valence-corrected chi connectivity index (χ0v) is 12.7. The molecule has 0 radical (unpaired) electrons. The predicted octanol–water partition coefficient (Wildman–Crippen LogP) is 3.16. The van der Waals surface area contributed by atoms with Crippen LogP contribution < -0.4 is 10.6 Å². The normalized spacial score (nSPS) is 28.5. The molecule has 110 valence electrons. The van der Waals surface area contributed by atoms with Crippen LogP contribution in [-0.4, -0.2) is 23.0 Å². The Bertz CT molecular complexity index is 621. The average Bonchev–Trinajstić information content (AvgIpc) is 3.10. The van der Waals surface area contributed by atoms with Gasteiger partial charge in [0.25, 0.3) is 0 Å². The van der Waals surface area contributed by atoms with E-state index >= 15 is 0 Å². The van der Waals surface area contributed by atoms with Crippen LogP contribution in [0.3, 0.4) is 0 Å². The number of amides is 1. The molecule has 4 rings (SSSR count). The number of carbonyl (C=O) groups excluding carboxylic acids is 1. The highest BCUT2D eigenvalue weighted by Crippen LogP contribution is 2.34. The first kappa shape index (κ1) is 13.2. The summed E-state index contributed by atoms with van der Waals surface area (Å²) in [4.78, 5) is 16.9. The number of carbonyl (C=O) groups is 1. The van der Waals surface area contributed by atoms with Crippen LogP contribution in [0.5, 0.6) is 0 Å². The third-order valence-electron chi connectivity index (χ3n) is 4.70. The molecule has 2 N–H and O–H groups in total. The molecule has 1 saturated carbocycles. The van der Waals surface area contributed by atoms with Crippen LogP contribution in [0.4, 0.5) is 5.13 Å². The lowest BCUT2D eigenvalue weighted by Gasteiger charge is -2.24. The Balaban J connectivity index is 1.46. The average molecular weight is 301 g/mol. The fourth-order valence-electron chi connectivity index (χ4n) is 3.64. The second-order valence-corrected chi connectivity index (χ2v) is 7.11. The molecule has 0 bridgehead atoms. The zero-order chi connectivity index (χ0) is 14.2. The minimum atomic E-state index is -0.0508. The van der Waals surface area contributed by atoms with Crippen LogP contribution in [0.25, 0.3) is 10.2 Å². The number of aromatic nitrogens is 1. The Morgan fingerprint density at radius 1 is 1.29 bits per heavy atom. The van der Waals surface area contributed by atoms with E-state index in [1.807, 2.05) is 24.3 Å². The van der Waals surface area contributed by atoms with Gasteiger partial charge < -0.3 is 10.6 Å². The van der Waals surface area contributed by atoms with Gasteiger partial charge in [-0.2, -0.15) is 0 Å². The Morgan fingerprint density at radius 2 is 2.14 bits per heavy atom. The summed E-state index contributed by atoms with van der Waals surface area (Å²) in [6.07, 6.45) is 6.06. The fraction of sp³-hybridized carbons (Fsp3) is 0.500. The Morgan fingerprint density at radius 3 is 3.00 bits per heavy atom. The van der Waals surface area contributed by atoms with Gasteiger partial charge in [-0.15, -0.1) is 0 Å². The molecule has 1 aromatic carbocycles. The lowest BCUT2D eigenvalue weighted by molar-refractivity contribution is -0.117. The van der Waals surface area contributed by atoms with E-state index in [2.05, 4.69) is 15.6 Å². The largest absolute Gasteiger partial charge is 0.303 e. The van der Waals surface area contributed by atoms with Crippen molar-refractivity contribution in [3.8, 4) is 0 Å². The summed E-state index contributed by atoms with van der Waals surface area (Å²) >= 11 is 1.54. The van der Waals surface area contributed by atoms with E-state index in [0.717, 1.165) is 16.6 Å². The molecule has 1 amide bonds. The van der Waals surface area contributed by atoms with Crippen molar-refractivity contribution in [2.45, 2.75) is 44.2 Å². The predicted molar refractivity (Wildman–Crippen MR) is 85.5 cm³/mol. The standard InChI is InChI=1S/C16H19N3OS/c20-15(13-9-10-5-1-2-6-11(10)17-13)19-16-18-12-7-3-4-8-14(12)21-16/h3-4,7-8,10-11,13,17H,1-2,5-6,9H2,(H,18,19,20). The van der Waals surface area contributed by atoms with E-state index in [1.165, 1.54) is 37.0 Å². The van der Waals surface area contributed by atoms with Crippen LogP contribution in [0.15, 0.2) is 24.3 Å². The summed E-state index contributed by atoms with van der Waals surface area (Å²) < 4.78 is 1.11. The van der Waals surface area contributed by atoms with Crippen molar-refractivity contribution in [3.63, 3.8) is 0 Å². The third kappa shape index (κ3) is 2.56. The number of anilines is 1. The fourth-order valence-corrected chi connectivity index (χ4v) is 4.51. The van der Waals surface area contributed by atoms with Crippen molar-refractivity contribution < 1.29 is 4.79 Å². The van der Waals surface area contributed by atoms with Gasteiger partial charge in [-0.25, -0.2) is 4.98 Å². The quantitative estimate of drug-likeness (QED) is 0.896. The number of para-hydroxylation sites is 1. The molecule has 3 unspecified atom stereocenters. The molecule has 2 fully saturated rings. The summed E-state index contributed by atoms with van der Waals surface area (Å²) in [7, 11) is 0. The Labute approximate surface area is 128 Å². The summed E-state index contributed by atoms with van der Waals surface area (Å²) in [5, 5.41) is 7.21. The van der Waals surface area contributed by atoms with Crippen LogP contribution >= 0.6 is 11.3 Å². The van der Waals surface area contributed by atoms with Crippen molar-refractivity contribution in [1.82, 2.24) is 10.3 Å². The highest BCUT2D eigenvalue weighted by Gasteiger charge is 2.38. The highest BCUT2D eigenvalue weighted by atomic mass is 32.1. The first-order chi connectivity index (χ1) is 10.3. The first-order valence-electron chi connectivity index (χ1n) is 7.72. The molecule has 1 aromatic heterocycles. The second kappa shape index (κ2) is 5.39. The molecular weight excluding hydrogens is 282 g/mol. The third-order valence-corrected chi connectivity index (χ3v) is 5.66. The minimum Gasteiger partial charge on any atom is -0.303 e. The molecule has 21 heavy (non-hydrogen) atoms. The number of thiazole rings is 1. The number of rotatable bonds is 2. The van der Waals surface area contributed by atoms with Gasteiger partial charge >= 0.3 is 0 Å². The molecular formula is C16H19N3OS. The van der Waals surface area contributed by atoms with Crippen molar-refractivity contribution in [1.29, 1.82) is 0 Å². The van der Waals surface area contributed by atoms with Crippen LogP contribution in [0.1, 0.15) is 32.1 Å². The van der Waals surface area contributed by atoms with Crippen LogP contribution in [0.2, 0.25) is 0 Å². The Kier molecular flexibility index (Phi) is 3.39. The van der Waals surface area contributed by atoms with Gasteiger partial charge in [0.15, 0.2) is 5.13 Å². The van der Waals surface area contributed by atoms with Crippen molar-refractivity contribution in [2.24, 2.45) is 5.92 Å². The maximum absolute atomic E-state index is 12.4. The van der Waals surface area contributed by atoms with Crippen molar-refractivity contribution >= 4 is 32.6 Å². The van der Waals surface area contributed by atoms with Gasteiger partial charge in [0.1, 0.15) is 0 Å². The van der Waals surface area contributed by atoms with Crippen molar-refractivity contribution in [2.75, 3.05) is 5.32 Å². The van der Waals surface area contributed by atoms with E-state index in [4.69, 9.17) is 0 Å². The minimum absolute atomic E-state index is 0.0508. The first-order valence-corrected chi connectivity index (χ1v) is 8.54. The highest BCUT2D eigenvalue weighted by molar-refractivity contribution is 7.22. The van der Waals surface area contributed by atoms with Crippen LogP contribution in [0, 0.1) is 5.92 Å². The van der Waals surface area contributed by atoms with E-state index < -0.39 is 0 Å². The number of fused-ring (bicyclic) bond motifs is 2. The molecule has 5 heteroatoms. The molecule has 2 heterocycles. The molecule has 2 aromatic rings. The molecule has 3 atom stereocenters. The smallest absolute Gasteiger partial charge is 0.243 e. The number of hydrogen-bond donors (Lipinski definition) is 2. The molecule has 1 aliphatic heterocycles. The Hall–Kier alpha value is -1.46. The van der Waals surface area contributed by atoms with Gasteiger partial charge in [0, 0.05) is 6.04 Å². The van der Waals surface area contributed by atoms with Gasteiger partial charge in [-0.1, -0.05) is 36.3 Å².